The molecule has 0 rings (SSSR count). The number of carbonyl (C=O) groups excluding carboxylic acids is 1. The van der Waals surface area contributed by atoms with Crippen LogP contribution < -0.4 is 5.32 Å². The van der Waals surface area contributed by atoms with Gasteiger partial charge in [0.1, 0.15) is 0 Å². The number of amides is 1. The SMILES string of the molecule is C/C=C(\SC(C)C)C(=O)NC(C)C. The van der Waals surface area contributed by atoms with E-state index in [9.17, 15) is 4.79 Å². The van der Waals surface area contributed by atoms with Crippen molar-refractivity contribution in [1.82, 2.24) is 5.32 Å². The first-order chi connectivity index (χ1) is 5.97. The third kappa shape index (κ3) is 5.75. The molecule has 76 valence electrons. The first kappa shape index (κ1) is 12.6. The van der Waals surface area contributed by atoms with E-state index in [1.807, 2.05) is 26.8 Å². The Balaban J connectivity index is 4.18. The van der Waals surface area contributed by atoms with Gasteiger partial charge < -0.3 is 5.32 Å². The lowest BCUT2D eigenvalue weighted by Crippen LogP contribution is -2.30. The van der Waals surface area contributed by atoms with Crippen molar-refractivity contribution >= 4 is 17.7 Å². The topological polar surface area (TPSA) is 29.1 Å². The van der Waals surface area contributed by atoms with Gasteiger partial charge in [-0.1, -0.05) is 19.9 Å². The second kappa shape index (κ2) is 6.08. The molecule has 1 N–H and O–H groups in total. The maximum absolute atomic E-state index is 11.5. The second-order valence-corrected chi connectivity index (χ2v) is 5.07. The molecule has 0 aromatic heterocycles. The minimum atomic E-state index is 0.0381. The molecule has 3 heteroatoms. The molecule has 0 radical (unpaired) electrons. The molecule has 1 amide bonds. The molecule has 0 atom stereocenters. The minimum Gasteiger partial charge on any atom is -0.349 e. The van der Waals surface area contributed by atoms with Crippen LogP contribution in [0.4, 0.5) is 0 Å². The summed E-state index contributed by atoms with van der Waals surface area (Å²) in [6.45, 7) is 9.98. The summed E-state index contributed by atoms with van der Waals surface area (Å²) in [7, 11) is 0. The van der Waals surface area contributed by atoms with Crippen LogP contribution in [0.25, 0.3) is 0 Å². The van der Waals surface area contributed by atoms with Gasteiger partial charge in [-0.05, 0) is 20.8 Å². The number of thioether (sulfide) groups is 1. The van der Waals surface area contributed by atoms with Crippen LogP contribution in [-0.2, 0) is 4.79 Å². The Morgan fingerprint density at radius 1 is 1.31 bits per heavy atom. The third-order valence-corrected chi connectivity index (χ3v) is 2.41. The van der Waals surface area contributed by atoms with Crippen LogP contribution in [0.3, 0.4) is 0 Å². The van der Waals surface area contributed by atoms with Crippen LogP contribution in [0.2, 0.25) is 0 Å². The number of allylic oxidation sites excluding steroid dienone is 1. The van der Waals surface area contributed by atoms with E-state index in [4.69, 9.17) is 0 Å². The van der Waals surface area contributed by atoms with Crippen molar-refractivity contribution in [3.63, 3.8) is 0 Å². The summed E-state index contributed by atoms with van der Waals surface area (Å²) in [6, 6.07) is 0.204. The van der Waals surface area contributed by atoms with E-state index in [2.05, 4.69) is 19.2 Å². The maximum Gasteiger partial charge on any atom is 0.257 e. The van der Waals surface area contributed by atoms with E-state index in [1.165, 1.54) is 0 Å². The van der Waals surface area contributed by atoms with Crippen molar-refractivity contribution in [3.05, 3.63) is 11.0 Å². The predicted molar refractivity (Wildman–Crippen MR) is 59.8 cm³/mol. The highest BCUT2D eigenvalue weighted by molar-refractivity contribution is 8.04. The van der Waals surface area contributed by atoms with E-state index in [-0.39, 0.29) is 11.9 Å². The normalized spacial score (nSPS) is 12.4. The zero-order valence-corrected chi connectivity index (χ0v) is 9.87. The summed E-state index contributed by atoms with van der Waals surface area (Å²) >= 11 is 1.60. The van der Waals surface area contributed by atoms with Gasteiger partial charge >= 0.3 is 0 Å². The molecule has 0 aliphatic carbocycles. The first-order valence-corrected chi connectivity index (χ1v) is 5.49. The molecule has 0 spiro atoms. The van der Waals surface area contributed by atoms with E-state index >= 15 is 0 Å². The fourth-order valence-corrected chi connectivity index (χ4v) is 1.65. The van der Waals surface area contributed by atoms with E-state index < -0.39 is 0 Å². The van der Waals surface area contributed by atoms with E-state index in [1.54, 1.807) is 11.8 Å². The standard InChI is InChI=1S/C10H19NOS/c1-6-9(13-8(4)5)10(12)11-7(2)3/h6-8H,1-5H3,(H,11,12)/b9-6-. The van der Waals surface area contributed by atoms with Gasteiger partial charge in [-0.3, -0.25) is 4.79 Å². The Morgan fingerprint density at radius 2 is 1.85 bits per heavy atom. The molecule has 0 aromatic rings. The van der Waals surface area contributed by atoms with E-state index in [0.717, 1.165) is 4.91 Å². The maximum atomic E-state index is 11.5. The van der Waals surface area contributed by atoms with Crippen molar-refractivity contribution < 1.29 is 4.79 Å². The summed E-state index contributed by atoms with van der Waals surface area (Å²) in [5, 5.41) is 3.32. The number of hydrogen-bond donors (Lipinski definition) is 1. The van der Waals surface area contributed by atoms with Crippen molar-refractivity contribution in [2.24, 2.45) is 0 Å². The third-order valence-electron chi connectivity index (χ3n) is 1.27. The van der Waals surface area contributed by atoms with Gasteiger partial charge in [0, 0.05) is 11.3 Å². The first-order valence-electron chi connectivity index (χ1n) is 4.61. The zero-order chi connectivity index (χ0) is 10.4. The van der Waals surface area contributed by atoms with Crippen LogP contribution >= 0.6 is 11.8 Å². The highest BCUT2D eigenvalue weighted by atomic mass is 32.2. The molecule has 0 bridgehead atoms. The predicted octanol–water partition coefficient (Wildman–Crippen LogP) is 2.56. The zero-order valence-electron chi connectivity index (χ0n) is 9.05. The fourth-order valence-electron chi connectivity index (χ4n) is 0.840. The Labute approximate surface area is 85.2 Å². The molecule has 2 nitrogen and oxygen atoms in total. The molecule has 0 fully saturated rings. The molecule has 0 unspecified atom stereocenters. The number of rotatable bonds is 4. The molecule has 0 aliphatic rings. The summed E-state index contributed by atoms with van der Waals surface area (Å²) in [4.78, 5) is 12.3. The lowest BCUT2D eigenvalue weighted by Gasteiger charge is -2.12. The van der Waals surface area contributed by atoms with Gasteiger partial charge in [0.25, 0.3) is 5.91 Å². The van der Waals surface area contributed by atoms with Crippen molar-refractivity contribution in [3.8, 4) is 0 Å². The van der Waals surface area contributed by atoms with Crippen LogP contribution in [0, 0.1) is 0 Å². The summed E-state index contributed by atoms with van der Waals surface area (Å²) in [5.41, 5.74) is 0. The smallest absolute Gasteiger partial charge is 0.257 e. The Bertz CT molecular complexity index is 197. The van der Waals surface area contributed by atoms with Crippen LogP contribution in [-0.4, -0.2) is 17.2 Å². The minimum absolute atomic E-state index is 0.0381. The molecular weight excluding hydrogens is 182 g/mol. The summed E-state index contributed by atoms with van der Waals surface area (Å²) < 4.78 is 0. The number of hydrogen-bond acceptors (Lipinski definition) is 2. The molecule has 0 heterocycles. The molecule has 0 saturated heterocycles. The van der Waals surface area contributed by atoms with Gasteiger partial charge in [0.15, 0.2) is 0 Å². The van der Waals surface area contributed by atoms with Crippen molar-refractivity contribution in [2.45, 2.75) is 45.9 Å². The van der Waals surface area contributed by atoms with E-state index in [0.29, 0.717) is 5.25 Å². The average molecular weight is 201 g/mol. The molecule has 0 aliphatic heterocycles. The van der Waals surface area contributed by atoms with Crippen LogP contribution in [0.5, 0.6) is 0 Å². The van der Waals surface area contributed by atoms with Gasteiger partial charge in [0.2, 0.25) is 0 Å². The van der Waals surface area contributed by atoms with Crippen LogP contribution in [0.15, 0.2) is 11.0 Å². The average Bonchev–Trinajstić information content (AvgIpc) is 1.98. The second-order valence-electron chi connectivity index (χ2n) is 3.45. The molecular formula is C10H19NOS. The molecule has 0 saturated carbocycles. The Kier molecular flexibility index (Phi) is 5.88. The van der Waals surface area contributed by atoms with Gasteiger partial charge in [-0.15, -0.1) is 11.8 Å². The lowest BCUT2D eigenvalue weighted by atomic mass is 10.4. The fraction of sp³-hybridized carbons (Fsp3) is 0.700. The summed E-state index contributed by atoms with van der Waals surface area (Å²) in [5.74, 6) is 0.0381. The largest absolute Gasteiger partial charge is 0.349 e. The van der Waals surface area contributed by atoms with Crippen molar-refractivity contribution in [2.75, 3.05) is 0 Å². The van der Waals surface area contributed by atoms with Crippen LogP contribution in [0.1, 0.15) is 34.6 Å². The van der Waals surface area contributed by atoms with Crippen molar-refractivity contribution in [1.29, 1.82) is 0 Å². The number of nitrogens with one attached hydrogen (secondary N) is 1. The monoisotopic (exact) mass is 201 g/mol. The molecule has 0 aromatic carbocycles. The molecule has 13 heavy (non-hydrogen) atoms. The van der Waals surface area contributed by atoms with Gasteiger partial charge in [-0.25, -0.2) is 0 Å². The Hall–Kier alpha value is -0.440. The quantitative estimate of drug-likeness (QED) is 0.708. The Morgan fingerprint density at radius 3 is 2.15 bits per heavy atom. The highest BCUT2D eigenvalue weighted by Gasteiger charge is 2.11. The highest BCUT2D eigenvalue weighted by Crippen LogP contribution is 2.20. The summed E-state index contributed by atoms with van der Waals surface area (Å²) in [6.07, 6.45) is 1.86. The van der Waals surface area contributed by atoms with Gasteiger partial charge in [-0.2, -0.15) is 0 Å². The number of carbonyl (C=O) groups is 1. The van der Waals surface area contributed by atoms with Gasteiger partial charge in [0.05, 0.1) is 4.91 Å². The lowest BCUT2D eigenvalue weighted by molar-refractivity contribution is -0.117.